The number of thiophene rings is 1. The van der Waals surface area contributed by atoms with Gasteiger partial charge in [0.15, 0.2) is 0 Å². The minimum absolute atomic E-state index is 0.0991. The smallest absolute Gasteiger partial charge is 0.255 e. The van der Waals surface area contributed by atoms with Crippen molar-refractivity contribution in [2.45, 2.75) is 32.4 Å². The fraction of sp³-hybridized carbons (Fsp3) is 0.389. The summed E-state index contributed by atoms with van der Waals surface area (Å²) in [5.74, 6) is 0.0991. The van der Waals surface area contributed by atoms with Crippen LogP contribution in [0.1, 0.15) is 33.6 Å². The van der Waals surface area contributed by atoms with E-state index in [-0.39, 0.29) is 12.0 Å². The van der Waals surface area contributed by atoms with Crippen LogP contribution in [0.25, 0.3) is 0 Å². The molecule has 0 aliphatic carbocycles. The van der Waals surface area contributed by atoms with Crippen molar-refractivity contribution in [3.05, 3.63) is 55.3 Å². The average molecular weight is 441 g/mol. The van der Waals surface area contributed by atoms with E-state index in [2.05, 4.69) is 34.0 Å². The Hall–Kier alpha value is -0.920. The van der Waals surface area contributed by atoms with Gasteiger partial charge >= 0.3 is 0 Å². The largest absolute Gasteiger partial charge is 0.376 e. The van der Waals surface area contributed by atoms with Gasteiger partial charge in [-0.25, -0.2) is 0 Å². The number of benzene rings is 1. The Kier molecular flexibility index (Phi) is 5.71. The van der Waals surface area contributed by atoms with Gasteiger partial charge in [0.1, 0.15) is 0 Å². The van der Waals surface area contributed by atoms with Crippen molar-refractivity contribution in [3.8, 4) is 0 Å². The summed E-state index contributed by atoms with van der Waals surface area (Å²) in [5, 5.41) is 2.06. The number of halogens is 1. The molecule has 1 aliphatic heterocycles. The molecule has 0 saturated carbocycles. The van der Waals surface area contributed by atoms with Crippen LogP contribution in [0.4, 0.5) is 0 Å². The quantitative estimate of drug-likeness (QED) is 0.641. The van der Waals surface area contributed by atoms with Crippen LogP contribution in [0.5, 0.6) is 0 Å². The molecule has 23 heavy (non-hydrogen) atoms. The summed E-state index contributed by atoms with van der Waals surface area (Å²) in [5.41, 5.74) is 1.93. The third-order valence-corrected chi connectivity index (χ3v) is 6.38. The molecule has 3 nitrogen and oxygen atoms in total. The highest BCUT2D eigenvalue weighted by molar-refractivity contribution is 14.1. The van der Waals surface area contributed by atoms with Crippen LogP contribution >= 0.6 is 33.9 Å². The van der Waals surface area contributed by atoms with Crippen molar-refractivity contribution < 1.29 is 9.53 Å². The number of carbonyl (C=O) groups is 1. The molecule has 1 aromatic heterocycles. The van der Waals surface area contributed by atoms with Crippen molar-refractivity contribution in [1.82, 2.24) is 4.90 Å². The van der Waals surface area contributed by atoms with E-state index in [1.54, 1.807) is 11.3 Å². The van der Waals surface area contributed by atoms with Crippen molar-refractivity contribution >= 4 is 39.8 Å². The molecule has 3 rings (SSSR count). The molecule has 122 valence electrons. The molecule has 1 unspecified atom stereocenters. The Morgan fingerprint density at radius 3 is 2.96 bits per heavy atom. The predicted molar refractivity (Wildman–Crippen MR) is 102 cm³/mol. The molecule has 1 atom stereocenters. The summed E-state index contributed by atoms with van der Waals surface area (Å²) in [6.07, 6.45) is 2.30. The summed E-state index contributed by atoms with van der Waals surface area (Å²) in [7, 11) is 0. The molecular formula is C18H20INO2S. The van der Waals surface area contributed by atoms with E-state index in [1.807, 2.05) is 36.1 Å². The molecule has 5 heteroatoms. The number of hydrogen-bond acceptors (Lipinski definition) is 3. The first-order chi connectivity index (χ1) is 11.1. The highest BCUT2D eigenvalue weighted by Crippen LogP contribution is 2.22. The van der Waals surface area contributed by atoms with Gasteiger partial charge < -0.3 is 9.64 Å². The van der Waals surface area contributed by atoms with E-state index in [4.69, 9.17) is 4.74 Å². The summed E-state index contributed by atoms with van der Waals surface area (Å²) >= 11 is 3.96. The molecule has 2 aromatic rings. The van der Waals surface area contributed by atoms with Gasteiger partial charge in [0, 0.05) is 21.6 Å². The standard InChI is InChI=1S/C18H20INO2S/c1-13-5-2-8-16(17(13)19)18(21)20(11-14-6-3-9-22-14)12-15-7-4-10-23-15/h2,4-5,7-8,10,14H,3,6,9,11-12H2,1H3. The third-order valence-electron chi connectivity index (χ3n) is 4.08. The average Bonchev–Trinajstić information content (AvgIpc) is 3.22. The highest BCUT2D eigenvalue weighted by Gasteiger charge is 2.25. The van der Waals surface area contributed by atoms with Gasteiger partial charge in [0.2, 0.25) is 0 Å². The lowest BCUT2D eigenvalue weighted by Crippen LogP contribution is -2.37. The van der Waals surface area contributed by atoms with Gasteiger partial charge in [0.05, 0.1) is 18.2 Å². The monoisotopic (exact) mass is 441 g/mol. The van der Waals surface area contributed by atoms with E-state index in [0.29, 0.717) is 13.1 Å². The van der Waals surface area contributed by atoms with E-state index in [9.17, 15) is 4.79 Å². The molecule has 0 radical (unpaired) electrons. The van der Waals surface area contributed by atoms with Crippen LogP contribution in [-0.4, -0.2) is 30.1 Å². The molecular weight excluding hydrogens is 421 g/mol. The van der Waals surface area contributed by atoms with Gasteiger partial charge in [-0.3, -0.25) is 4.79 Å². The van der Waals surface area contributed by atoms with E-state index in [1.165, 1.54) is 4.88 Å². The van der Waals surface area contributed by atoms with Gasteiger partial charge in [-0.2, -0.15) is 0 Å². The molecule has 0 N–H and O–H groups in total. The van der Waals surface area contributed by atoms with Crippen LogP contribution in [0, 0.1) is 10.5 Å². The lowest BCUT2D eigenvalue weighted by Gasteiger charge is -2.26. The maximum Gasteiger partial charge on any atom is 0.255 e. The molecule has 1 amide bonds. The van der Waals surface area contributed by atoms with Gasteiger partial charge in [-0.05, 0) is 65.4 Å². The number of rotatable bonds is 5. The maximum atomic E-state index is 13.1. The molecule has 1 aromatic carbocycles. The fourth-order valence-corrected chi connectivity index (χ4v) is 4.14. The zero-order valence-electron chi connectivity index (χ0n) is 13.1. The van der Waals surface area contributed by atoms with Crippen LogP contribution in [0.15, 0.2) is 35.7 Å². The first kappa shape index (κ1) is 16.9. The second kappa shape index (κ2) is 7.77. The van der Waals surface area contributed by atoms with Crippen LogP contribution in [0.3, 0.4) is 0 Å². The van der Waals surface area contributed by atoms with E-state index in [0.717, 1.165) is 34.1 Å². The predicted octanol–water partition coefficient (Wildman–Crippen LogP) is 4.48. The molecule has 1 fully saturated rings. The minimum atomic E-state index is 0.0991. The third kappa shape index (κ3) is 4.14. The van der Waals surface area contributed by atoms with E-state index >= 15 is 0 Å². The first-order valence-corrected chi connectivity index (χ1v) is 9.79. The van der Waals surface area contributed by atoms with Crippen LogP contribution < -0.4 is 0 Å². The van der Waals surface area contributed by atoms with E-state index < -0.39 is 0 Å². The summed E-state index contributed by atoms with van der Waals surface area (Å²) < 4.78 is 6.79. The van der Waals surface area contributed by atoms with Gasteiger partial charge in [-0.1, -0.05) is 18.2 Å². The summed E-state index contributed by atoms with van der Waals surface area (Å²) in [6, 6.07) is 10.0. The zero-order valence-corrected chi connectivity index (χ0v) is 16.1. The molecule has 1 aliphatic rings. The number of amides is 1. The van der Waals surface area contributed by atoms with Crippen molar-refractivity contribution in [2.24, 2.45) is 0 Å². The second-order valence-corrected chi connectivity index (χ2v) is 7.95. The number of nitrogens with zero attached hydrogens (tertiary/aromatic N) is 1. The Bertz CT molecular complexity index is 666. The maximum absolute atomic E-state index is 13.1. The summed E-state index contributed by atoms with van der Waals surface area (Å²) in [4.78, 5) is 16.3. The SMILES string of the molecule is Cc1cccc(C(=O)N(Cc2cccs2)CC2CCCO2)c1I. The molecule has 0 bridgehead atoms. The van der Waals surface area contributed by atoms with Crippen molar-refractivity contribution in [3.63, 3.8) is 0 Å². The van der Waals surface area contributed by atoms with Crippen molar-refractivity contribution in [2.75, 3.05) is 13.2 Å². The lowest BCUT2D eigenvalue weighted by atomic mass is 10.1. The van der Waals surface area contributed by atoms with Crippen molar-refractivity contribution in [1.29, 1.82) is 0 Å². The van der Waals surface area contributed by atoms with Crippen LogP contribution in [-0.2, 0) is 11.3 Å². The number of ether oxygens (including phenoxy) is 1. The van der Waals surface area contributed by atoms with Gasteiger partial charge in [-0.15, -0.1) is 11.3 Å². The number of hydrogen-bond donors (Lipinski definition) is 0. The summed E-state index contributed by atoms with van der Waals surface area (Å²) in [6.45, 7) is 4.18. The Morgan fingerprint density at radius 1 is 1.39 bits per heavy atom. The highest BCUT2D eigenvalue weighted by atomic mass is 127. The van der Waals surface area contributed by atoms with Crippen LogP contribution in [0.2, 0.25) is 0 Å². The number of carbonyl (C=O) groups excluding carboxylic acids is 1. The molecule has 1 saturated heterocycles. The lowest BCUT2D eigenvalue weighted by molar-refractivity contribution is 0.0509. The normalized spacial score (nSPS) is 17.4. The number of aryl methyl sites for hydroxylation is 1. The Balaban J connectivity index is 1.83. The van der Waals surface area contributed by atoms with Gasteiger partial charge in [0.25, 0.3) is 5.91 Å². The topological polar surface area (TPSA) is 29.5 Å². The minimum Gasteiger partial charge on any atom is -0.376 e. The fourth-order valence-electron chi connectivity index (χ4n) is 2.83. The Labute approximate surface area is 154 Å². The molecule has 2 heterocycles. The Morgan fingerprint density at radius 2 is 2.26 bits per heavy atom. The first-order valence-electron chi connectivity index (χ1n) is 7.83. The second-order valence-electron chi connectivity index (χ2n) is 5.84. The zero-order chi connectivity index (χ0) is 16.2. The molecule has 0 spiro atoms.